The van der Waals surface area contributed by atoms with Gasteiger partial charge in [-0.3, -0.25) is 0 Å². The van der Waals surface area contributed by atoms with Crippen molar-refractivity contribution in [3.63, 3.8) is 0 Å². The molecule has 1 atom stereocenters. The van der Waals surface area contributed by atoms with Gasteiger partial charge in [0.05, 0.1) is 0 Å². The molecule has 2 aromatic rings. The average molecular weight is 252 g/mol. The van der Waals surface area contributed by atoms with E-state index in [2.05, 4.69) is 56.3 Å². The summed E-state index contributed by atoms with van der Waals surface area (Å²) < 4.78 is 5.96. The standard InChI is InChI=1S/C18H20O/c1-3-14-7-9-15(10-8-14)12-17-6-4-5-16-11-13(2)19-18(16)17/h4-10,13H,3,11-12H2,1-2H3. The molecule has 2 aromatic carbocycles. The Morgan fingerprint density at radius 3 is 2.53 bits per heavy atom. The van der Waals surface area contributed by atoms with Crippen LogP contribution in [0.1, 0.15) is 36.1 Å². The molecule has 19 heavy (non-hydrogen) atoms. The summed E-state index contributed by atoms with van der Waals surface area (Å²) in [5, 5.41) is 0. The topological polar surface area (TPSA) is 9.23 Å². The summed E-state index contributed by atoms with van der Waals surface area (Å²) in [5.41, 5.74) is 5.42. The molecule has 1 nitrogen and oxygen atoms in total. The van der Waals surface area contributed by atoms with E-state index in [0.29, 0.717) is 6.10 Å². The normalized spacial score (nSPS) is 17.1. The summed E-state index contributed by atoms with van der Waals surface area (Å²) >= 11 is 0. The molecule has 0 saturated carbocycles. The fourth-order valence-corrected chi connectivity index (χ4v) is 2.75. The van der Waals surface area contributed by atoms with Gasteiger partial charge in [0.15, 0.2) is 0 Å². The molecule has 0 amide bonds. The van der Waals surface area contributed by atoms with Gasteiger partial charge in [0.2, 0.25) is 0 Å². The highest BCUT2D eigenvalue weighted by molar-refractivity contribution is 5.46. The van der Waals surface area contributed by atoms with Crippen LogP contribution in [0.25, 0.3) is 0 Å². The Morgan fingerprint density at radius 2 is 1.79 bits per heavy atom. The average Bonchev–Trinajstić information content (AvgIpc) is 2.81. The highest BCUT2D eigenvalue weighted by Crippen LogP contribution is 2.33. The summed E-state index contributed by atoms with van der Waals surface area (Å²) in [5.74, 6) is 1.12. The minimum atomic E-state index is 0.318. The number of ether oxygens (including phenoxy) is 1. The number of hydrogen-bond acceptors (Lipinski definition) is 1. The highest BCUT2D eigenvalue weighted by Gasteiger charge is 2.21. The van der Waals surface area contributed by atoms with Gasteiger partial charge in [-0.05, 0) is 35.6 Å². The minimum Gasteiger partial charge on any atom is -0.490 e. The van der Waals surface area contributed by atoms with E-state index in [4.69, 9.17) is 4.74 Å². The van der Waals surface area contributed by atoms with Crippen LogP contribution in [0.2, 0.25) is 0 Å². The van der Waals surface area contributed by atoms with Gasteiger partial charge in [0.1, 0.15) is 11.9 Å². The number of aryl methyl sites for hydroxylation is 1. The van der Waals surface area contributed by atoms with E-state index < -0.39 is 0 Å². The van der Waals surface area contributed by atoms with Crippen LogP contribution in [0, 0.1) is 0 Å². The van der Waals surface area contributed by atoms with Crippen LogP contribution in [-0.4, -0.2) is 6.10 Å². The smallest absolute Gasteiger partial charge is 0.126 e. The van der Waals surface area contributed by atoms with Crippen LogP contribution in [0.15, 0.2) is 42.5 Å². The molecule has 0 radical (unpaired) electrons. The van der Waals surface area contributed by atoms with Gasteiger partial charge in [-0.25, -0.2) is 0 Å². The Balaban J connectivity index is 1.85. The van der Waals surface area contributed by atoms with Crippen molar-refractivity contribution < 1.29 is 4.74 Å². The third kappa shape index (κ3) is 2.51. The van der Waals surface area contributed by atoms with E-state index in [1.165, 1.54) is 22.3 Å². The van der Waals surface area contributed by atoms with Crippen molar-refractivity contribution in [3.8, 4) is 5.75 Å². The Morgan fingerprint density at radius 1 is 1.05 bits per heavy atom. The summed E-state index contributed by atoms with van der Waals surface area (Å²) in [6.45, 7) is 4.33. The Hall–Kier alpha value is -1.76. The maximum absolute atomic E-state index is 5.96. The van der Waals surface area contributed by atoms with Crippen LogP contribution < -0.4 is 4.74 Å². The first-order chi connectivity index (χ1) is 9.26. The fourth-order valence-electron chi connectivity index (χ4n) is 2.75. The maximum atomic E-state index is 5.96. The summed E-state index contributed by atoms with van der Waals surface area (Å²) in [6.07, 6.45) is 3.41. The molecule has 0 fully saturated rings. The molecule has 1 unspecified atom stereocenters. The molecule has 1 aliphatic rings. The first-order valence-electron chi connectivity index (χ1n) is 7.11. The van der Waals surface area contributed by atoms with Crippen molar-refractivity contribution in [3.05, 3.63) is 64.7 Å². The molecule has 0 bridgehead atoms. The minimum absolute atomic E-state index is 0.318. The summed E-state index contributed by atoms with van der Waals surface area (Å²) in [6, 6.07) is 15.4. The van der Waals surface area contributed by atoms with Gasteiger partial charge in [-0.1, -0.05) is 49.4 Å². The van der Waals surface area contributed by atoms with Gasteiger partial charge < -0.3 is 4.74 Å². The Labute approximate surface area is 115 Å². The van der Waals surface area contributed by atoms with Crippen molar-refractivity contribution in [1.82, 2.24) is 0 Å². The number of benzene rings is 2. The van der Waals surface area contributed by atoms with Gasteiger partial charge in [0, 0.05) is 12.8 Å². The second-order valence-electron chi connectivity index (χ2n) is 5.38. The predicted molar refractivity (Wildman–Crippen MR) is 78.9 cm³/mol. The third-order valence-corrected chi connectivity index (χ3v) is 3.83. The molecule has 3 rings (SSSR count). The molecule has 0 N–H and O–H groups in total. The van der Waals surface area contributed by atoms with E-state index in [0.717, 1.165) is 25.0 Å². The predicted octanol–water partition coefficient (Wildman–Crippen LogP) is 4.16. The van der Waals surface area contributed by atoms with E-state index in [1.807, 2.05) is 0 Å². The van der Waals surface area contributed by atoms with Crippen LogP contribution in [-0.2, 0) is 19.3 Å². The van der Waals surface area contributed by atoms with Crippen molar-refractivity contribution in [2.75, 3.05) is 0 Å². The number of fused-ring (bicyclic) bond motifs is 1. The van der Waals surface area contributed by atoms with Crippen LogP contribution in [0.5, 0.6) is 5.75 Å². The quantitative estimate of drug-likeness (QED) is 0.797. The zero-order valence-corrected chi connectivity index (χ0v) is 11.6. The third-order valence-electron chi connectivity index (χ3n) is 3.83. The van der Waals surface area contributed by atoms with Gasteiger partial charge in [-0.2, -0.15) is 0 Å². The lowest BCUT2D eigenvalue weighted by Crippen LogP contribution is -2.06. The molecule has 1 heteroatoms. The monoisotopic (exact) mass is 252 g/mol. The molecule has 1 heterocycles. The maximum Gasteiger partial charge on any atom is 0.126 e. The van der Waals surface area contributed by atoms with E-state index in [9.17, 15) is 0 Å². The Bertz CT molecular complexity index is 569. The number of rotatable bonds is 3. The number of para-hydroxylation sites is 1. The lowest BCUT2D eigenvalue weighted by Gasteiger charge is -2.10. The van der Waals surface area contributed by atoms with Gasteiger partial charge in [0.25, 0.3) is 0 Å². The zero-order valence-electron chi connectivity index (χ0n) is 11.6. The largest absolute Gasteiger partial charge is 0.490 e. The molecule has 98 valence electrons. The zero-order chi connectivity index (χ0) is 13.2. The first-order valence-corrected chi connectivity index (χ1v) is 7.11. The van der Waals surface area contributed by atoms with Crippen molar-refractivity contribution in [2.45, 2.75) is 39.2 Å². The first kappa shape index (κ1) is 12.3. The Kier molecular flexibility index (Phi) is 3.29. The lowest BCUT2D eigenvalue weighted by atomic mass is 9.99. The molecule has 0 aliphatic carbocycles. The van der Waals surface area contributed by atoms with Gasteiger partial charge >= 0.3 is 0 Å². The lowest BCUT2D eigenvalue weighted by molar-refractivity contribution is 0.253. The summed E-state index contributed by atoms with van der Waals surface area (Å²) in [4.78, 5) is 0. The molecular weight excluding hydrogens is 232 g/mol. The second-order valence-corrected chi connectivity index (χ2v) is 5.38. The number of hydrogen-bond donors (Lipinski definition) is 0. The SMILES string of the molecule is CCc1ccc(Cc2cccc3c2OC(C)C3)cc1. The second kappa shape index (κ2) is 5.08. The van der Waals surface area contributed by atoms with E-state index in [1.54, 1.807) is 0 Å². The van der Waals surface area contributed by atoms with Crippen molar-refractivity contribution >= 4 is 0 Å². The molecular formula is C18H20O. The fraction of sp³-hybridized carbons (Fsp3) is 0.333. The molecule has 0 aromatic heterocycles. The molecule has 0 saturated heterocycles. The van der Waals surface area contributed by atoms with Crippen LogP contribution in [0.4, 0.5) is 0 Å². The van der Waals surface area contributed by atoms with Crippen molar-refractivity contribution in [2.24, 2.45) is 0 Å². The molecule has 0 spiro atoms. The van der Waals surface area contributed by atoms with Crippen LogP contribution in [0.3, 0.4) is 0 Å². The van der Waals surface area contributed by atoms with Crippen molar-refractivity contribution in [1.29, 1.82) is 0 Å². The van der Waals surface area contributed by atoms with Crippen LogP contribution >= 0.6 is 0 Å². The summed E-state index contributed by atoms with van der Waals surface area (Å²) in [7, 11) is 0. The van der Waals surface area contributed by atoms with Gasteiger partial charge in [-0.15, -0.1) is 0 Å². The highest BCUT2D eigenvalue weighted by atomic mass is 16.5. The molecule has 1 aliphatic heterocycles. The van der Waals surface area contributed by atoms with E-state index in [-0.39, 0.29) is 0 Å². The van der Waals surface area contributed by atoms with E-state index >= 15 is 0 Å².